The lowest BCUT2D eigenvalue weighted by molar-refractivity contribution is -0.141. The Kier molecular flexibility index (Phi) is 2.85. The van der Waals surface area contributed by atoms with Gasteiger partial charge in [0, 0.05) is 13.1 Å². The number of benzene rings is 1. The van der Waals surface area contributed by atoms with Crippen molar-refractivity contribution < 1.29 is 9.90 Å². The molecule has 17 heavy (non-hydrogen) atoms. The van der Waals surface area contributed by atoms with Gasteiger partial charge in [-0.25, -0.2) is 4.98 Å². The third kappa shape index (κ3) is 2.01. The van der Waals surface area contributed by atoms with Gasteiger partial charge in [0.25, 0.3) is 0 Å². The molecule has 3 N–H and O–H groups in total. The van der Waals surface area contributed by atoms with Gasteiger partial charge < -0.3 is 15.4 Å². The Morgan fingerprint density at radius 1 is 1.53 bits per heavy atom. The van der Waals surface area contributed by atoms with Crippen LogP contribution in [0.15, 0.2) is 24.5 Å². The average Bonchev–Trinajstić information content (AvgIpc) is 2.68. The molecule has 2 rings (SSSR count). The first-order chi connectivity index (χ1) is 8.00. The molecule has 0 fully saturated rings. The van der Waals surface area contributed by atoms with Gasteiger partial charge in [-0.15, -0.1) is 0 Å². The molecule has 2 atom stereocenters. The number of hydrogen-bond donors (Lipinski definition) is 2. The molecule has 90 valence electrons. The van der Waals surface area contributed by atoms with Crippen molar-refractivity contribution in [2.24, 2.45) is 18.7 Å². The molecule has 0 amide bonds. The second-order valence-electron chi connectivity index (χ2n) is 4.26. The van der Waals surface area contributed by atoms with Crippen molar-refractivity contribution >= 4 is 17.0 Å². The van der Waals surface area contributed by atoms with E-state index in [9.17, 15) is 4.79 Å². The molecular weight excluding hydrogens is 218 g/mol. The fraction of sp³-hybridized carbons (Fsp3) is 0.333. The van der Waals surface area contributed by atoms with Crippen LogP contribution < -0.4 is 5.73 Å². The van der Waals surface area contributed by atoms with Gasteiger partial charge in [-0.05, 0) is 17.7 Å². The SMILES string of the molecule is CC(C(=O)O)C(N)c1ccc2c(c1)ncn2C. The number of nitrogens with two attached hydrogens (primary N) is 1. The number of fused-ring (bicyclic) bond motifs is 1. The summed E-state index contributed by atoms with van der Waals surface area (Å²) in [6.45, 7) is 1.61. The third-order valence-electron chi connectivity index (χ3n) is 3.06. The van der Waals surface area contributed by atoms with Crippen molar-refractivity contribution in [1.29, 1.82) is 0 Å². The van der Waals surface area contributed by atoms with Crippen LogP contribution in [-0.4, -0.2) is 20.6 Å². The number of carboxylic acids is 1. The number of rotatable bonds is 3. The van der Waals surface area contributed by atoms with E-state index in [2.05, 4.69) is 4.98 Å². The molecule has 1 heterocycles. The van der Waals surface area contributed by atoms with Crippen molar-refractivity contribution in [1.82, 2.24) is 9.55 Å². The van der Waals surface area contributed by atoms with Crippen molar-refractivity contribution in [3.63, 3.8) is 0 Å². The van der Waals surface area contributed by atoms with E-state index in [1.807, 2.05) is 29.8 Å². The highest BCUT2D eigenvalue weighted by Gasteiger charge is 2.21. The minimum Gasteiger partial charge on any atom is -0.481 e. The molecule has 0 radical (unpaired) electrons. The smallest absolute Gasteiger partial charge is 0.308 e. The van der Waals surface area contributed by atoms with Gasteiger partial charge in [0.1, 0.15) is 0 Å². The molecule has 5 heteroatoms. The van der Waals surface area contributed by atoms with Gasteiger partial charge in [0.15, 0.2) is 0 Å². The van der Waals surface area contributed by atoms with Crippen molar-refractivity contribution in [3.8, 4) is 0 Å². The molecular formula is C12H15N3O2. The molecule has 5 nitrogen and oxygen atoms in total. The zero-order chi connectivity index (χ0) is 12.6. The Hall–Kier alpha value is -1.88. The second-order valence-corrected chi connectivity index (χ2v) is 4.26. The highest BCUT2D eigenvalue weighted by Crippen LogP contribution is 2.23. The quantitative estimate of drug-likeness (QED) is 0.837. The summed E-state index contributed by atoms with van der Waals surface area (Å²) in [6, 6.07) is 5.10. The van der Waals surface area contributed by atoms with E-state index in [0.29, 0.717) is 0 Å². The zero-order valence-corrected chi connectivity index (χ0v) is 9.79. The molecule has 0 spiro atoms. The Balaban J connectivity index is 2.39. The van der Waals surface area contributed by atoms with E-state index in [1.54, 1.807) is 13.3 Å². The monoisotopic (exact) mass is 233 g/mol. The van der Waals surface area contributed by atoms with Crippen LogP contribution in [0.2, 0.25) is 0 Å². The van der Waals surface area contributed by atoms with Crippen LogP contribution in [0, 0.1) is 5.92 Å². The summed E-state index contributed by atoms with van der Waals surface area (Å²) >= 11 is 0. The number of aryl methyl sites for hydroxylation is 1. The maximum absolute atomic E-state index is 10.9. The summed E-state index contributed by atoms with van der Waals surface area (Å²) in [7, 11) is 1.91. The lowest BCUT2D eigenvalue weighted by atomic mass is 9.95. The minimum atomic E-state index is -0.890. The lowest BCUT2D eigenvalue weighted by Crippen LogP contribution is -2.25. The minimum absolute atomic E-state index is 0.515. The number of imidazole rings is 1. The van der Waals surface area contributed by atoms with Crippen molar-refractivity contribution in [2.45, 2.75) is 13.0 Å². The topological polar surface area (TPSA) is 81.1 Å². The van der Waals surface area contributed by atoms with E-state index in [0.717, 1.165) is 16.6 Å². The Bertz CT molecular complexity index is 562. The van der Waals surface area contributed by atoms with E-state index < -0.39 is 17.9 Å². The highest BCUT2D eigenvalue weighted by atomic mass is 16.4. The fourth-order valence-electron chi connectivity index (χ4n) is 1.80. The average molecular weight is 233 g/mol. The third-order valence-corrected chi connectivity index (χ3v) is 3.06. The standard InChI is InChI=1S/C12H15N3O2/c1-7(12(16)17)11(13)8-3-4-10-9(5-8)14-6-15(10)2/h3-7,11H,13H2,1-2H3,(H,16,17). The van der Waals surface area contributed by atoms with Gasteiger partial charge in [-0.2, -0.15) is 0 Å². The largest absolute Gasteiger partial charge is 0.481 e. The summed E-state index contributed by atoms with van der Waals surface area (Å²) in [5.41, 5.74) is 8.55. The Labute approximate surface area is 98.9 Å². The van der Waals surface area contributed by atoms with Gasteiger partial charge in [-0.3, -0.25) is 4.79 Å². The van der Waals surface area contributed by atoms with E-state index in [-0.39, 0.29) is 0 Å². The number of carboxylic acid groups (broad SMARTS) is 1. The van der Waals surface area contributed by atoms with Gasteiger partial charge in [-0.1, -0.05) is 13.0 Å². The molecule has 0 aliphatic carbocycles. The first kappa shape index (κ1) is 11.6. The molecule has 0 saturated carbocycles. The molecule has 0 saturated heterocycles. The fourth-order valence-corrected chi connectivity index (χ4v) is 1.80. The van der Waals surface area contributed by atoms with E-state index in [1.165, 1.54) is 0 Å². The van der Waals surface area contributed by atoms with Crippen LogP contribution in [-0.2, 0) is 11.8 Å². The lowest BCUT2D eigenvalue weighted by Gasteiger charge is -2.16. The van der Waals surface area contributed by atoms with Crippen molar-refractivity contribution in [3.05, 3.63) is 30.1 Å². The zero-order valence-electron chi connectivity index (χ0n) is 9.79. The summed E-state index contributed by atoms with van der Waals surface area (Å²) in [5.74, 6) is -1.50. The van der Waals surface area contributed by atoms with E-state index in [4.69, 9.17) is 10.8 Å². The number of nitrogens with zero attached hydrogens (tertiary/aromatic N) is 2. The molecule has 2 unspecified atom stereocenters. The summed E-state index contributed by atoms with van der Waals surface area (Å²) < 4.78 is 1.91. The first-order valence-corrected chi connectivity index (χ1v) is 5.40. The second kappa shape index (κ2) is 4.18. The van der Waals surface area contributed by atoms with Gasteiger partial charge in [0.05, 0.1) is 23.3 Å². The molecule has 0 aliphatic heterocycles. The molecule has 0 bridgehead atoms. The molecule has 0 aliphatic rings. The molecule has 2 aromatic rings. The number of aromatic nitrogens is 2. The number of aliphatic carboxylic acids is 1. The Morgan fingerprint density at radius 3 is 2.88 bits per heavy atom. The first-order valence-electron chi connectivity index (χ1n) is 5.40. The summed E-state index contributed by atoms with van der Waals surface area (Å²) in [5, 5.41) is 8.93. The van der Waals surface area contributed by atoms with Gasteiger partial charge >= 0.3 is 5.97 Å². The van der Waals surface area contributed by atoms with Gasteiger partial charge in [0.2, 0.25) is 0 Å². The number of carbonyl (C=O) groups is 1. The summed E-state index contributed by atoms with van der Waals surface area (Å²) in [4.78, 5) is 15.1. The maximum Gasteiger partial charge on any atom is 0.308 e. The van der Waals surface area contributed by atoms with Crippen molar-refractivity contribution in [2.75, 3.05) is 0 Å². The number of hydrogen-bond acceptors (Lipinski definition) is 3. The predicted octanol–water partition coefficient (Wildman–Crippen LogP) is 1.29. The van der Waals surface area contributed by atoms with Crippen LogP contribution in [0.4, 0.5) is 0 Å². The molecule has 1 aromatic carbocycles. The predicted molar refractivity (Wildman–Crippen MR) is 64.4 cm³/mol. The van der Waals surface area contributed by atoms with Crippen LogP contribution in [0.1, 0.15) is 18.5 Å². The Morgan fingerprint density at radius 2 is 2.24 bits per heavy atom. The van der Waals surface area contributed by atoms with Crippen LogP contribution in [0.25, 0.3) is 11.0 Å². The maximum atomic E-state index is 10.9. The summed E-state index contributed by atoms with van der Waals surface area (Å²) in [6.07, 6.45) is 1.72. The van der Waals surface area contributed by atoms with Crippen LogP contribution in [0.3, 0.4) is 0 Å². The van der Waals surface area contributed by atoms with Crippen LogP contribution in [0.5, 0.6) is 0 Å². The van der Waals surface area contributed by atoms with Crippen LogP contribution >= 0.6 is 0 Å². The van der Waals surface area contributed by atoms with E-state index >= 15 is 0 Å². The molecule has 1 aromatic heterocycles. The normalized spacial score (nSPS) is 14.8. The highest BCUT2D eigenvalue weighted by molar-refractivity contribution is 5.77.